The van der Waals surface area contributed by atoms with Crippen molar-refractivity contribution in [1.82, 2.24) is 0 Å². The zero-order chi connectivity index (χ0) is 22.6. The van der Waals surface area contributed by atoms with Gasteiger partial charge in [0.2, 0.25) is 0 Å². The maximum Gasteiger partial charge on any atom is 0.164 e. The second kappa shape index (κ2) is 6.16. The molecule has 1 heterocycles. The van der Waals surface area contributed by atoms with Crippen LogP contribution in [-0.4, -0.2) is 51.9 Å². The van der Waals surface area contributed by atoms with Gasteiger partial charge < -0.3 is 19.7 Å². The summed E-state index contributed by atoms with van der Waals surface area (Å²) in [5.41, 5.74) is -3.27. The molecule has 5 rings (SSSR count). The van der Waals surface area contributed by atoms with Gasteiger partial charge in [-0.15, -0.1) is 0 Å². The monoisotopic (exact) mass is 432 g/mol. The summed E-state index contributed by atoms with van der Waals surface area (Å²) in [4.78, 5) is 12.0. The summed E-state index contributed by atoms with van der Waals surface area (Å²) in [7, 11) is 0. The van der Waals surface area contributed by atoms with Crippen LogP contribution in [0.25, 0.3) is 0 Å². The van der Waals surface area contributed by atoms with Gasteiger partial charge in [-0.1, -0.05) is 31.2 Å². The summed E-state index contributed by atoms with van der Waals surface area (Å²) in [6.07, 6.45) is 4.93. The number of aliphatic hydroxyl groups excluding tert-OH is 2. The summed E-state index contributed by atoms with van der Waals surface area (Å²) in [5, 5.41) is 21.5. The van der Waals surface area contributed by atoms with Crippen LogP contribution >= 0.6 is 0 Å². The fourth-order valence-corrected chi connectivity index (χ4v) is 7.98. The molecule has 1 aliphatic heterocycles. The minimum atomic E-state index is -1.89. The Balaban J connectivity index is 1.65. The average molecular weight is 433 g/mol. The van der Waals surface area contributed by atoms with Gasteiger partial charge in [-0.3, -0.25) is 4.79 Å². The lowest BCUT2D eigenvalue weighted by atomic mass is 9.45. The molecule has 0 aromatic rings. The first-order chi connectivity index (χ1) is 14.4. The predicted octanol–water partition coefficient (Wildman–Crippen LogP) is 3.41. The molecule has 5 nitrogen and oxygen atoms in total. The van der Waals surface area contributed by atoms with E-state index >= 15 is 4.39 Å². The molecular formula is C25H33FO5. The molecule has 31 heavy (non-hydrogen) atoms. The van der Waals surface area contributed by atoms with Crippen LogP contribution in [0.5, 0.6) is 0 Å². The molecule has 2 saturated carbocycles. The second-order valence-electron chi connectivity index (χ2n) is 11.1. The molecule has 3 fully saturated rings. The van der Waals surface area contributed by atoms with E-state index in [4.69, 9.17) is 9.47 Å². The first-order valence-electron chi connectivity index (χ1n) is 11.3. The van der Waals surface area contributed by atoms with Gasteiger partial charge in [0.1, 0.15) is 5.60 Å². The van der Waals surface area contributed by atoms with Crippen molar-refractivity contribution in [2.45, 2.75) is 82.6 Å². The number of carbonyl (C=O) groups excluding carboxylic acids is 1. The number of fused-ring (bicyclic) bond motifs is 7. The largest absolute Gasteiger partial charge is 0.392 e. The van der Waals surface area contributed by atoms with E-state index in [1.165, 1.54) is 6.08 Å². The van der Waals surface area contributed by atoms with Crippen LogP contribution in [-0.2, 0) is 14.3 Å². The molecule has 1 saturated heterocycles. The predicted molar refractivity (Wildman–Crippen MR) is 113 cm³/mol. The van der Waals surface area contributed by atoms with E-state index < -0.39 is 39.9 Å². The van der Waals surface area contributed by atoms with Crippen molar-refractivity contribution < 1.29 is 28.9 Å². The minimum Gasteiger partial charge on any atom is -0.392 e. The highest BCUT2D eigenvalue weighted by Crippen LogP contribution is 2.72. The normalized spacial score (nSPS) is 52.1. The number of hydrogen-bond acceptors (Lipinski definition) is 5. The number of carbonyl (C=O) groups is 1. The molecule has 0 aromatic heterocycles. The number of ether oxygens (including phenoxy) is 2. The van der Waals surface area contributed by atoms with Crippen molar-refractivity contribution in [2.75, 3.05) is 6.61 Å². The maximum atomic E-state index is 17.2. The Hall–Kier alpha value is -1.34. The van der Waals surface area contributed by atoms with Crippen LogP contribution in [0.3, 0.4) is 0 Å². The third-order valence-electron chi connectivity index (χ3n) is 9.31. The lowest BCUT2D eigenvalue weighted by Crippen LogP contribution is -2.68. The molecular weight excluding hydrogens is 399 g/mol. The molecule has 4 aliphatic carbocycles. The number of rotatable bonds is 2. The summed E-state index contributed by atoms with van der Waals surface area (Å²) in [5.74, 6) is -1.48. The van der Waals surface area contributed by atoms with E-state index in [0.717, 1.165) is 5.57 Å². The molecule has 1 unspecified atom stereocenters. The molecule has 170 valence electrons. The topological polar surface area (TPSA) is 76.0 Å². The Morgan fingerprint density at radius 1 is 1.29 bits per heavy atom. The zero-order valence-electron chi connectivity index (χ0n) is 18.8. The van der Waals surface area contributed by atoms with Crippen molar-refractivity contribution in [1.29, 1.82) is 0 Å². The van der Waals surface area contributed by atoms with Crippen LogP contribution in [0.4, 0.5) is 4.39 Å². The van der Waals surface area contributed by atoms with Gasteiger partial charge in [0.25, 0.3) is 0 Å². The first-order valence-corrected chi connectivity index (χ1v) is 11.3. The average Bonchev–Trinajstić information content (AvgIpc) is 3.09. The van der Waals surface area contributed by atoms with Gasteiger partial charge in [0.15, 0.2) is 17.2 Å². The van der Waals surface area contributed by atoms with E-state index in [1.807, 2.05) is 33.8 Å². The van der Waals surface area contributed by atoms with Crippen molar-refractivity contribution >= 4 is 5.78 Å². The smallest absolute Gasteiger partial charge is 0.164 e. The Morgan fingerprint density at radius 3 is 2.68 bits per heavy atom. The van der Waals surface area contributed by atoms with Gasteiger partial charge in [-0.2, -0.15) is 0 Å². The maximum absolute atomic E-state index is 17.2. The summed E-state index contributed by atoms with van der Waals surface area (Å²) in [6, 6.07) is 0. The zero-order valence-corrected chi connectivity index (χ0v) is 18.8. The molecule has 6 heteroatoms. The van der Waals surface area contributed by atoms with E-state index in [2.05, 4.69) is 6.58 Å². The molecule has 0 bridgehead atoms. The third-order valence-corrected chi connectivity index (χ3v) is 9.31. The number of ketones is 1. The van der Waals surface area contributed by atoms with Gasteiger partial charge in [-0.25, -0.2) is 4.39 Å². The van der Waals surface area contributed by atoms with Crippen molar-refractivity contribution in [3.05, 3.63) is 36.0 Å². The molecule has 8 atom stereocenters. The standard InChI is InChI=1S/C25H33FO5/c1-14(13-27)25-20(30-21(2,3)31-25)11-18-17-7-6-15-10-16(28)8-9-22(15,4)24(17,26)19(29)12-23(18,25)5/h6,8-9,17-20,27,29H,1,7,10-13H2,2-5H3/t17-,18-,19-,20?,22-,23-,24-,25+/m0/s1. The summed E-state index contributed by atoms with van der Waals surface area (Å²) in [6.45, 7) is 11.4. The highest BCUT2D eigenvalue weighted by Gasteiger charge is 2.78. The van der Waals surface area contributed by atoms with Gasteiger partial charge in [0, 0.05) is 23.2 Å². The molecule has 5 aliphatic rings. The number of hydrogen-bond donors (Lipinski definition) is 2. The Morgan fingerprint density at radius 2 is 2.00 bits per heavy atom. The molecule has 0 amide bonds. The summed E-state index contributed by atoms with van der Waals surface area (Å²) < 4.78 is 30.0. The number of halogens is 1. The van der Waals surface area contributed by atoms with E-state index in [0.29, 0.717) is 18.4 Å². The van der Waals surface area contributed by atoms with Gasteiger partial charge in [0.05, 0.1) is 18.8 Å². The second-order valence-corrected chi connectivity index (χ2v) is 11.1. The molecule has 2 N–H and O–H groups in total. The van der Waals surface area contributed by atoms with Crippen LogP contribution < -0.4 is 0 Å². The summed E-state index contributed by atoms with van der Waals surface area (Å²) >= 11 is 0. The van der Waals surface area contributed by atoms with E-state index in [-0.39, 0.29) is 37.3 Å². The fraction of sp³-hybridized carbons (Fsp3) is 0.720. The van der Waals surface area contributed by atoms with Crippen LogP contribution in [0.1, 0.15) is 53.4 Å². The third kappa shape index (κ3) is 2.32. The van der Waals surface area contributed by atoms with Gasteiger partial charge >= 0.3 is 0 Å². The number of allylic oxidation sites excluding steroid dienone is 4. The lowest BCUT2D eigenvalue weighted by Gasteiger charge is -2.62. The number of alkyl halides is 1. The Labute approximate surface area is 183 Å². The van der Waals surface area contributed by atoms with Crippen LogP contribution in [0.2, 0.25) is 0 Å². The van der Waals surface area contributed by atoms with Crippen LogP contribution in [0, 0.1) is 22.7 Å². The SMILES string of the molecule is C=C(CO)[C@@]12OC(C)(C)OC1C[C@H]1[C@@H]3CC=C4CC(=O)C=C[C@]4(C)[C@@]3(F)[C@@H](O)C[C@@]12C. The highest BCUT2D eigenvalue weighted by molar-refractivity contribution is 5.93. The van der Waals surface area contributed by atoms with Crippen molar-refractivity contribution in [3.8, 4) is 0 Å². The van der Waals surface area contributed by atoms with Crippen molar-refractivity contribution in [3.63, 3.8) is 0 Å². The molecule has 0 radical (unpaired) electrons. The quantitative estimate of drug-likeness (QED) is 0.654. The van der Waals surface area contributed by atoms with Gasteiger partial charge in [-0.05, 0) is 57.6 Å². The lowest BCUT2D eigenvalue weighted by molar-refractivity contribution is -0.239. The van der Waals surface area contributed by atoms with E-state index in [1.54, 1.807) is 6.08 Å². The minimum absolute atomic E-state index is 0.0291. The van der Waals surface area contributed by atoms with Crippen molar-refractivity contribution in [2.24, 2.45) is 22.7 Å². The van der Waals surface area contributed by atoms with E-state index in [9.17, 15) is 15.0 Å². The number of aliphatic hydroxyl groups is 2. The Bertz CT molecular complexity index is 923. The first kappa shape index (κ1) is 21.5. The fourth-order valence-electron chi connectivity index (χ4n) is 7.98. The Kier molecular flexibility index (Phi) is 4.27. The molecule has 0 spiro atoms. The highest BCUT2D eigenvalue weighted by atomic mass is 19.1. The van der Waals surface area contributed by atoms with Crippen LogP contribution in [0.15, 0.2) is 36.0 Å². The molecule has 0 aromatic carbocycles.